The number of amides is 1. The van der Waals surface area contributed by atoms with Crippen LogP contribution in [0.3, 0.4) is 0 Å². The number of hydrogen-bond acceptors (Lipinski definition) is 8. The number of fused-ring (bicyclic) bond motifs is 1. The molecule has 1 N–H and O–H groups in total. The molecule has 1 aromatic carbocycles. The van der Waals surface area contributed by atoms with Gasteiger partial charge in [-0.15, -0.1) is 10.2 Å². The molecule has 10 nitrogen and oxygen atoms in total. The first-order chi connectivity index (χ1) is 19.2. The average Bonchev–Trinajstić information content (AvgIpc) is 3.34. The van der Waals surface area contributed by atoms with Crippen LogP contribution < -0.4 is 5.32 Å². The van der Waals surface area contributed by atoms with E-state index in [1.165, 1.54) is 42.7 Å². The molecule has 0 unspecified atom stereocenters. The molecular weight excluding hydrogens is 540 g/mol. The number of sulfone groups is 1. The Labute approximate surface area is 227 Å². The number of carbonyl (C=O) groups excluding carboxylic acids is 1. The number of pyridine rings is 3. The van der Waals surface area contributed by atoms with Crippen molar-refractivity contribution in [2.24, 2.45) is 0 Å². The summed E-state index contributed by atoms with van der Waals surface area (Å²) in [6.07, 6.45) is 5.82. The van der Waals surface area contributed by atoms with E-state index in [0.717, 1.165) is 12.5 Å². The molecule has 202 valence electrons. The zero-order valence-electron chi connectivity index (χ0n) is 21.0. The zero-order valence-corrected chi connectivity index (χ0v) is 21.8. The van der Waals surface area contributed by atoms with Gasteiger partial charge in [0, 0.05) is 36.7 Å². The molecule has 0 bridgehead atoms. The Balaban J connectivity index is 1.27. The third kappa shape index (κ3) is 4.68. The van der Waals surface area contributed by atoms with Gasteiger partial charge in [-0.05, 0) is 43.2 Å². The van der Waals surface area contributed by atoms with E-state index < -0.39 is 21.5 Å². The van der Waals surface area contributed by atoms with Crippen LogP contribution in [0, 0.1) is 11.6 Å². The lowest BCUT2D eigenvalue weighted by Crippen LogP contribution is -2.44. The van der Waals surface area contributed by atoms with Crippen LogP contribution in [0.15, 0.2) is 72.0 Å². The molecule has 13 heteroatoms. The van der Waals surface area contributed by atoms with Gasteiger partial charge in [-0.2, -0.15) is 0 Å². The quantitative estimate of drug-likeness (QED) is 0.332. The fourth-order valence-corrected chi connectivity index (χ4v) is 5.29. The predicted molar refractivity (Wildman–Crippen MR) is 140 cm³/mol. The van der Waals surface area contributed by atoms with E-state index in [9.17, 15) is 22.0 Å². The second kappa shape index (κ2) is 9.83. The number of aromatic nitrogens is 6. The second-order valence-corrected chi connectivity index (χ2v) is 11.6. The van der Waals surface area contributed by atoms with Gasteiger partial charge >= 0.3 is 0 Å². The summed E-state index contributed by atoms with van der Waals surface area (Å²) in [6, 6.07) is 11.7. The first kappa shape index (κ1) is 25.6. The van der Waals surface area contributed by atoms with Gasteiger partial charge in [-0.1, -0.05) is 12.1 Å². The SMILES string of the molecule is CS(=O)(=O)c1ccc(-c2nnc([C@H]3C[C@H](NC(=O)c4ccnc5cc(F)cnc45)C3)n2-c2ccccc2F)nc1. The van der Waals surface area contributed by atoms with Crippen LogP contribution in [0.4, 0.5) is 8.78 Å². The van der Waals surface area contributed by atoms with Gasteiger partial charge in [-0.3, -0.25) is 24.3 Å². The van der Waals surface area contributed by atoms with E-state index in [1.807, 2.05) is 0 Å². The van der Waals surface area contributed by atoms with Crippen molar-refractivity contribution >= 4 is 26.8 Å². The fraction of sp³-hybridized carbons (Fsp3) is 0.185. The van der Waals surface area contributed by atoms with Gasteiger partial charge in [0.2, 0.25) is 0 Å². The summed E-state index contributed by atoms with van der Waals surface area (Å²) in [5.74, 6) is -0.793. The number of benzene rings is 1. The van der Waals surface area contributed by atoms with E-state index in [2.05, 4.69) is 30.5 Å². The molecule has 1 saturated carbocycles. The number of halogens is 2. The minimum atomic E-state index is -3.45. The van der Waals surface area contributed by atoms with Crippen LogP contribution in [-0.4, -0.2) is 56.3 Å². The first-order valence-electron chi connectivity index (χ1n) is 12.3. The third-order valence-electron chi connectivity index (χ3n) is 6.80. The number of nitrogens with zero attached hydrogens (tertiary/aromatic N) is 6. The molecular formula is C27H21F2N7O3S. The van der Waals surface area contributed by atoms with Gasteiger partial charge in [-0.25, -0.2) is 17.2 Å². The summed E-state index contributed by atoms with van der Waals surface area (Å²) >= 11 is 0. The summed E-state index contributed by atoms with van der Waals surface area (Å²) in [4.78, 5) is 25.4. The van der Waals surface area contributed by atoms with Crippen molar-refractivity contribution in [3.63, 3.8) is 0 Å². The molecule has 1 amide bonds. The Morgan fingerprint density at radius 1 is 1.00 bits per heavy atom. The molecule has 1 aliphatic rings. The van der Waals surface area contributed by atoms with Crippen LogP contribution in [0.5, 0.6) is 0 Å². The highest BCUT2D eigenvalue weighted by molar-refractivity contribution is 7.90. The van der Waals surface area contributed by atoms with Gasteiger partial charge in [0.15, 0.2) is 15.7 Å². The van der Waals surface area contributed by atoms with Crippen molar-refractivity contribution in [3.05, 3.63) is 90.1 Å². The van der Waals surface area contributed by atoms with Crippen molar-refractivity contribution < 1.29 is 22.0 Å². The van der Waals surface area contributed by atoms with Crippen LogP contribution >= 0.6 is 0 Å². The highest BCUT2D eigenvalue weighted by Gasteiger charge is 2.37. The summed E-state index contributed by atoms with van der Waals surface area (Å²) in [6.45, 7) is 0. The molecule has 5 aromatic rings. The predicted octanol–water partition coefficient (Wildman–Crippen LogP) is 3.63. The molecule has 40 heavy (non-hydrogen) atoms. The van der Waals surface area contributed by atoms with Crippen molar-refractivity contribution in [2.45, 2.75) is 29.7 Å². The second-order valence-electron chi connectivity index (χ2n) is 9.54. The molecule has 1 aliphatic carbocycles. The largest absolute Gasteiger partial charge is 0.349 e. The van der Waals surface area contributed by atoms with Crippen LogP contribution in [0.2, 0.25) is 0 Å². The first-order valence-corrected chi connectivity index (χ1v) is 14.2. The summed E-state index contributed by atoms with van der Waals surface area (Å²) in [5, 5.41) is 11.6. The topological polar surface area (TPSA) is 133 Å². The number of hydrogen-bond donors (Lipinski definition) is 1. The molecule has 0 aliphatic heterocycles. The average molecular weight is 562 g/mol. The normalized spacial score (nSPS) is 17.0. The maximum atomic E-state index is 15.0. The summed E-state index contributed by atoms with van der Waals surface area (Å²) < 4.78 is 53.8. The maximum absolute atomic E-state index is 15.0. The Bertz CT molecular complexity index is 1870. The number of nitrogens with one attached hydrogen (secondary N) is 1. The molecule has 1 fully saturated rings. The smallest absolute Gasteiger partial charge is 0.253 e. The van der Waals surface area contributed by atoms with E-state index in [1.54, 1.807) is 22.8 Å². The summed E-state index contributed by atoms with van der Waals surface area (Å²) in [5.41, 5.74) is 1.42. The highest BCUT2D eigenvalue weighted by Crippen LogP contribution is 2.39. The maximum Gasteiger partial charge on any atom is 0.253 e. The lowest BCUT2D eigenvalue weighted by Gasteiger charge is -2.35. The monoisotopic (exact) mass is 561 g/mol. The van der Waals surface area contributed by atoms with Crippen molar-refractivity contribution in [2.75, 3.05) is 6.26 Å². The van der Waals surface area contributed by atoms with Gasteiger partial charge in [0.25, 0.3) is 5.91 Å². The lowest BCUT2D eigenvalue weighted by atomic mass is 9.79. The molecule has 4 heterocycles. The molecule has 0 radical (unpaired) electrons. The van der Waals surface area contributed by atoms with Crippen molar-refractivity contribution in [3.8, 4) is 17.2 Å². The fourth-order valence-electron chi connectivity index (χ4n) is 4.73. The van der Waals surface area contributed by atoms with E-state index >= 15 is 0 Å². The Hall–Kier alpha value is -4.65. The van der Waals surface area contributed by atoms with Crippen molar-refractivity contribution in [1.29, 1.82) is 0 Å². The Kier molecular flexibility index (Phi) is 6.29. The zero-order chi connectivity index (χ0) is 28.0. The van der Waals surface area contributed by atoms with E-state index in [4.69, 9.17) is 0 Å². The summed E-state index contributed by atoms with van der Waals surface area (Å²) in [7, 11) is -3.45. The highest BCUT2D eigenvalue weighted by atomic mass is 32.2. The molecule has 0 atom stereocenters. The molecule has 6 rings (SSSR count). The van der Waals surface area contributed by atoms with Crippen LogP contribution in [-0.2, 0) is 9.84 Å². The molecule has 0 saturated heterocycles. The minimum absolute atomic E-state index is 0.0494. The van der Waals surface area contributed by atoms with E-state index in [0.29, 0.717) is 29.9 Å². The van der Waals surface area contributed by atoms with Crippen molar-refractivity contribution in [1.82, 2.24) is 35.0 Å². The van der Waals surface area contributed by atoms with Gasteiger partial charge in [0.05, 0.1) is 27.9 Å². The van der Waals surface area contributed by atoms with Crippen LogP contribution in [0.25, 0.3) is 28.2 Å². The molecule has 4 aromatic heterocycles. The van der Waals surface area contributed by atoms with Crippen LogP contribution in [0.1, 0.15) is 34.9 Å². The number of carbonyl (C=O) groups is 1. The third-order valence-corrected chi connectivity index (χ3v) is 7.90. The van der Waals surface area contributed by atoms with Gasteiger partial charge < -0.3 is 5.32 Å². The number of rotatable bonds is 6. The Morgan fingerprint density at radius 3 is 2.52 bits per heavy atom. The lowest BCUT2D eigenvalue weighted by molar-refractivity contribution is 0.0908. The Morgan fingerprint density at radius 2 is 1.80 bits per heavy atom. The standard InChI is InChI=1S/C27H21F2N7O3S/c1-40(38,39)18-6-7-21(31-14-18)26-35-34-25(36(26)23-5-3-2-4-20(23)29)15-10-17(11-15)33-27(37)19-8-9-30-22-12-16(28)13-32-24(19)22/h2-9,12-15,17H,10-11H2,1H3,(H,33,37)/t15-,17-. The van der Waals surface area contributed by atoms with Gasteiger partial charge in [0.1, 0.15) is 28.7 Å². The minimum Gasteiger partial charge on any atom is -0.349 e. The number of para-hydroxylation sites is 1. The molecule has 0 spiro atoms. The van der Waals surface area contributed by atoms with E-state index in [-0.39, 0.29) is 45.4 Å².